The standard InChI is InChI=1S/C13H22N2O4/c1-10(13(18)19)14-11(16)6-7-12(17)15-8-4-2-3-5-9-15/h10H,2-9H2,1H3,(H,14,16)(H,18,19)/t10-/m0/s1. The molecule has 1 fully saturated rings. The lowest BCUT2D eigenvalue weighted by molar-refractivity contribution is -0.141. The summed E-state index contributed by atoms with van der Waals surface area (Å²) in [6.07, 6.45) is 4.55. The minimum Gasteiger partial charge on any atom is -0.480 e. The van der Waals surface area contributed by atoms with Crippen LogP contribution in [0, 0.1) is 0 Å². The van der Waals surface area contributed by atoms with Gasteiger partial charge in [0.15, 0.2) is 0 Å². The molecule has 1 aliphatic rings. The van der Waals surface area contributed by atoms with Crippen molar-refractivity contribution < 1.29 is 19.5 Å². The van der Waals surface area contributed by atoms with Crippen molar-refractivity contribution in [3.63, 3.8) is 0 Å². The molecule has 6 heteroatoms. The molecular formula is C13H22N2O4. The van der Waals surface area contributed by atoms with Gasteiger partial charge in [0.05, 0.1) is 0 Å². The lowest BCUT2D eigenvalue weighted by Gasteiger charge is -2.20. The van der Waals surface area contributed by atoms with Crippen LogP contribution in [0.15, 0.2) is 0 Å². The number of carboxylic acid groups (broad SMARTS) is 1. The Kier molecular flexibility index (Phi) is 6.32. The average molecular weight is 270 g/mol. The molecule has 0 saturated carbocycles. The van der Waals surface area contributed by atoms with Crippen molar-refractivity contribution in [3.05, 3.63) is 0 Å². The number of hydrogen-bond donors (Lipinski definition) is 2. The van der Waals surface area contributed by atoms with Gasteiger partial charge in [-0.05, 0) is 19.8 Å². The third kappa shape index (κ3) is 5.72. The van der Waals surface area contributed by atoms with E-state index in [-0.39, 0.29) is 18.7 Å². The molecule has 0 radical (unpaired) electrons. The summed E-state index contributed by atoms with van der Waals surface area (Å²) in [6.45, 7) is 2.94. The monoisotopic (exact) mass is 270 g/mol. The Labute approximate surface area is 113 Å². The number of likely N-dealkylation sites (tertiary alicyclic amines) is 1. The molecule has 6 nitrogen and oxygen atoms in total. The fourth-order valence-corrected chi connectivity index (χ4v) is 2.07. The molecule has 0 aromatic rings. The zero-order valence-corrected chi connectivity index (χ0v) is 11.4. The number of carbonyl (C=O) groups excluding carboxylic acids is 2. The molecule has 1 atom stereocenters. The topological polar surface area (TPSA) is 86.7 Å². The molecule has 0 aliphatic carbocycles. The maximum absolute atomic E-state index is 11.9. The molecule has 0 aromatic heterocycles. The van der Waals surface area contributed by atoms with Crippen LogP contribution in [-0.4, -0.2) is 46.9 Å². The summed E-state index contributed by atoms with van der Waals surface area (Å²) in [4.78, 5) is 35.7. The first-order valence-corrected chi connectivity index (χ1v) is 6.80. The van der Waals surface area contributed by atoms with Gasteiger partial charge in [-0.25, -0.2) is 0 Å². The highest BCUT2D eigenvalue weighted by Gasteiger charge is 2.18. The molecule has 2 N–H and O–H groups in total. The maximum Gasteiger partial charge on any atom is 0.325 e. The number of amides is 2. The molecule has 1 aliphatic heterocycles. The van der Waals surface area contributed by atoms with Gasteiger partial charge >= 0.3 is 5.97 Å². The van der Waals surface area contributed by atoms with Gasteiger partial charge < -0.3 is 15.3 Å². The predicted octanol–water partition coefficient (Wildman–Crippen LogP) is 0.758. The van der Waals surface area contributed by atoms with E-state index in [1.54, 1.807) is 4.90 Å². The van der Waals surface area contributed by atoms with E-state index in [0.717, 1.165) is 38.8 Å². The summed E-state index contributed by atoms with van der Waals surface area (Å²) in [7, 11) is 0. The van der Waals surface area contributed by atoms with Crippen molar-refractivity contribution in [1.29, 1.82) is 0 Å². The average Bonchev–Trinajstić information content (AvgIpc) is 2.64. The second kappa shape index (κ2) is 7.76. The molecule has 0 spiro atoms. The quantitative estimate of drug-likeness (QED) is 0.772. The van der Waals surface area contributed by atoms with E-state index in [0.29, 0.717) is 0 Å². The van der Waals surface area contributed by atoms with Gasteiger partial charge in [0.2, 0.25) is 11.8 Å². The maximum atomic E-state index is 11.9. The van der Waals surface area contributed by atoms with Gasteiger partial charge in [-0.2, -0.15) is 0 Å². The molecule has 0 unspecified atom stereocenters. The molecule has 1 heterocycles. The molecule has 0 aromatic carbocycles. The Morgan fingerprint density at radius 2 is 1.68 bits per heavy atom. The lowest BCUT2D eigenvalue weighted by Crippen LogP contribution is -2.39. The second-order valence-corrected chi connectivity index (χ2v) is 4.92. The SMILES string of the molecule is C[C@H](NC(=O)CCC(=O)N1CCCCCC1)C(=O)O. The van der Waals surface area contributed by atoms with Gasteiger partial charge in [0.1, 0.15) is 6.04 Å². The van der Waals surface area contributed by atoms with Crippen LogP contribution in [0.4, 0.5) is 0 Å². The van der Waals surface area contributed by atoms with Crippen LogP contribution >= 0.6 is 0 Å². The highest BCUT2D eigenvalue weighted by Crippen LogP contribution is 2.11. The van der Waals surface area contributed by atoms with Crippen LogP contribution in [0.5, 0.6) is 0 Å². The molecule has 0 bridgehead atoms. The Morgan fingerprint density at radius 3 is 2.21 bits per heavy atom. The van der Waals surface area contributed by atoms with E-state index in [9.17, 15) is 14.4 Å². The van der Waals surface area contributed by atoms with Gasteiger partial charge in [-0.1, -0.05) is 12.8 Å². The number of aliphatic carboxylic acids is 1. The van der Waals surface area contributed by atoms with Crippen molar-refractivity contribution in [2.75, 3.05) is 13.1 Å². The van der Waals surface area contributed by atoms with E-state index < -0.39 is 17.9 Å². The number of rotatable bonds is 5. The van der Waals surface area contributed by atoms with Gasteiger partial charge in [0, 0.05) is 25.9 Å². The first kappa shape index (κ1) is 15.5. The Bertz CT molecular complexity index is 336. The minimum absolute atomic E-state index is 0.0139. The van der Waals surface area contributed by atoms with Crippen LogP contribution in [0.25, 0.3) is 0 Å². The van der Waals surface area contributed by atoms with Crippen LogP contribution in [0.3, 0.4) is 0 Å². The van der Waals surface area contributed by atoms with Crippen LogP contribution < -0.4 is 5.32 Å². The Hall–Kier alpha value is -1.59. The highest BCUT2D eigenvalue weighted by atomic mass is 16.4. The van der Waals surface area contributed by atoms with Crippen molar-refractivity contribution in [2.24, 2.45) is 0 Å². The molecule has 108 valence electrons. The van der Waals surface area contributed by atoms with E-state index in [1.165, 1.54) is 6.92 Å². The molecule has 2 amide bonds. The van der Waals surface area contributed by atoms with Crippen molar-refractivity contribution in [1.82, 2.24) is 10.2 Å². The fraction of sp³-hybridized carbons (Fsp3) is 0.769. The number of carboxylic acids is 1. The summed E-state index contributed by atoms with van der Waals surface area (Å²) < 4.78 is 0. The van der Waals surface area contributed by atoms with Gasteiger partial charge in [-0.3, -0.25) is 14.4 Å². The smallest absolute Gasteiger partial charge is 0.325 e. The normalized spacial score (nSPS) is 17.4. The Morgan fingerprint density at radius 1 is 1.11 bits per heavy atom. The predicted molar refractivity (Wildman–Crippen MR) is 69.5 cm³/mol. The number of nitrogens with one attached hydrogen (secondary N) is 1. The van der Waals surface area contributed by atoms with E-state index in [1.807, 2.05) is 0 Å². The lowest BCUT2D eigenvalue weighted by atomic mass is 10.2. The van der Waals surface area contributed by atoms with E-state index >= 15 is 0 Å². The molecular weight excluding hydrogens is 248 g/mol. The molecule has 1 rings (SSSR count). The summed E-state index contributed by atoms with van der Waals surface area (Å²) in [5, 5.41) is 11.0. The zero-order chi connectivity index (χ0) is 14.3. The first-order valence-electron chi connectivity index (χ1n) is 6.80. The Balaban J connectivity index is 2.28. The fourth-order valence-electron chi connectivity index (χ4n) is 2.07. The summed E-state index contributed by atoms with van der Waals surface area (Å²) >= 11 is 0. The third-order valence-corrected chi connectivity index (χ3v) is 3.27. The number of nitrogens with zero attached hydrogens (tertiary/aromatic N) is 1. The minimum atomic E-state index is -1.08. The van der Waals surface area contributed by atoms with Gasteiger partial charge in [-0.15, -0.1) is 0 Å². The number of carbonyl (C=O) groups is 3. The van der Waals surface area contributed by atoms with Crippen molar-refractivity contribution in [2.45, 2.75) is 51.5 Å². The van der Waals surface area contributed by atoms with E-state index in [2.05, 4.69) is 5.32 Å². The van der Waals surface area contributed by atoms with Gasteiger partial charge in [0.25, 0.3) is 0 Å². The number of hydrogen-bond acceptors (Lipinski definition) is 3. The van der Waals surface area contributed by atoms with E-state index in [4.69, 9.17) is 5.11 Å². The second-order valence-electron chi connectivity index (χ2n) is 4.92. The first-order chi connectivity index (χ1) is 9.00. The van der Waals surface area contributed by atoms with Crippen molar-refractivity contribution in [3.8, 4) is 0 Å². The largest absolute Gasteiger partial charge is 0.480 e. The highest BCUT2D eigenvalue weighted by molar-refractivity contribution is 5.86. The summed E-state index contributed by atoms with van der Waals surface area (Å²) in [5.74, 6) is -1.48. The third-order valence-electron chi connectivity index (χ3n) is 3.27. The zero-order valence-electron chi connectivity index (χ0n) is 11.4. The molecule has 1 saturated heterocycles. The van der Waals surface area contributed by atoms with Crippen LogP contribution in [-0.2, 0) is 14.4 Å². The van der Waals surface area contributed by atoms with Crippen LogP contribution in [0.2, 0.25) is 0 Å². The summed E-state index contributed by atoms with van der Waals surface area (Å²) in [6, 6.07) is -0.916. The molecule has 19 heavy (non-hydrogen) atoms. The van der Waals surface area contributed by atoms with Crippen molar-refractivity contribution >= 4 is 17.8 Å². The van der Waals surface area contributed by atoms with Crippen LogP contribution in [0.1, 0.15) is 45.4 Å². The summed E-state index contributed by atoms with van der Waals surface area (Å²) in [5.41, 5.74) is 0.